The molecule has 1 aromatic carbocycles. The van der Waals surface area contributed by atoms with Gasteiger partial charge in [-0.3, -0.25) is 10.1 Å². The number of benzene rings is 1. The Balaban J connectivity index is 3.21. The Bertz CT molecular complexity index is 506. The number of nitro groups is 1. The van der Waals surface area contributed by atoms with Gasteiger partial charge in [0.25, 0.3) is 5.69 Å². The number of rotatable bonds is 6. The molecule has 0 saturated carbocycles. The maximum absolute atomic E-state index is 13.4. The number of ether oxygens (including phenoxy) is 1. The van der Waals surface area contributed by atoms with Gasteiger partial charge >= 0.3 is 5.97 Å². The molecule has 0 amide bonds. The lowest BCUT2D eigenvalue weighted by Crippen LogP contribution is -2.21. The summed E-state index contributed by atoms with van der Waals surface area (Å²) in [7, 11) is 1.46. The van der Waals surface area contributed by atoms with Crippen LogP contribution in [0.1, 0.15) is 17.3 Å². The van der Waals surface area contributed by atoms with E-state index in [9.17, 15) is 19.3 Å². The van der Waals surface area contributed by atoms with Crippen LogP contribution in [0.2, 0.25) is 0 Å². The van der Waals surface area contributed by atoms with E-state index in [-0.39, 0.29) is 18.3 Å². The number of carboxylic acid groups (broad SMARTS) is 1. The standard InChI is InChI=1S/C11H13FN2O5/c1-6(5-19-2)13-9-3-7(11(15)16)8(12)4-10(9)14(17)18/h3-4,6,13H,5H2,1-2H3,(H,15,16). The van der Waals surface area contributed by atoms with Crippen molar-refractivity contribution < 1.29 is 24.0 Å². The lowest BCUT2D eigenvalue weighted by atomic mass is 10.1. The first kappa shape index (κ1) is 14.8. The summed E-state index contributed by atoms with van der Waals surface area (Å²) in [5.74, 6) is -2.64. The summed E-state index contributed by atoms with van der Waals surface area (Å²) in [4.78, 5) is 20.8. The molecular weight excluding hydrogens is 259 g/mol. The molecule has 0 radical (unpaired) electrons. The number of anilines is 1. The zero-order valence-electron chi connectivity index (χ0n) is 10.3. The summed E-state index contributed by atoms with van der Waals surface area (Å²) in [6.07, 6.45) is 0. The van der Waals surface area contributed by atoms with Gasteiger partial charge in [-0.05, 0) is 13.0 Å². The molecule has 0 spiro atoms. The highest BCUT2D eigenvalue weighted by Gasteiger charge is 2.22. The predicted octanol–water partition coefficient (Wildman–Crippen LogP) is 1.88. The molecule has 1 rings (SSSR count). The van der Waals surface area contributed by atoms with Gasteiger partial charge in [-0.2, -0.15) is 0 Å². The van der Waals surface area contributed by atoms with Crippen LogP contribution in [-0.2, 0) is 4.74 Å². The summed E-state index contributed by atoms with van der Waals surface area (Å²) in [6, 6.07) is 1.20. The van der Waals surface area contributed by atoms with Gasteiger partial charge in [0.1, 0.15) is 11.5 Å². The van der Waals surface area contributed by atoms with E-state index in [1.807, 2.05) is 0 Å². The van der Waals surface area contributed by atoms with Crippen molar-refractivity contribution in [3.8, 4) is 0 Å². The van der Waals surface area contributed by atoms with E-state index in [1.54, 1.807) is 6.92 Å². The molecule has 1 atom stereocenters. The normalized spacial score (nSPS) is 11.9. The maximum Gasteiger partial charge on any atom is 0.338 e. The minimum absolute atomic E-state index is 0.0617. The molecule has 0 aliphatic carbocycles. The molecule has 2 N–H and O–H groups in total. The van der Waals surface area contributed by atoms with Gasteiger partial charge in [0.05, 0.1) is 23.2 Å². The smallest absolute Gasteiger partial charge is 0.338 e. The fraction of sp³-hybridized carbons (Fsp3) is 0.364. The third-order valence-corrected chi connectivity index (χ3v) is 2.33. The van der Waals surface area contributed by atoms with E-state index >= 15 is 0 Å². The van der Waals surface area contributed by atoms with E-state index in [0.29, 0.717) is 6.07 Å². The quantitative estimate of drug-likeness (QED) is 0.605. The molecule has 0 aliphatic rings. The van der Waals surface area contributed by atoms with Crippen molar-refractivity contribution in [1.82, 2.24) is 0 Å². The molecule has 1 aromatic rings. The predicted molar refractivity (Wildman–Crippen MR) is 65.0 cm³/mol. The Kier molecular flexibility index (Phi) is 4.76. The average molecular weight is 272 g/mol. The topological polar surface area (TPSA) is 102 Å². The first-order valence-corrected chi connectivity index (χ1v) is 5.33. The van der Waals surface area contributed by atoms with Crippen molar-refractivity contribution in [2.75, 3.05) is 19.0 Å². The Morgan fingerprint density at radius 1 is 1.63 bits per heavy atom. The fourth-order valence-corrected chi connectivity index (χ4v) is 1.55. The number of hydrogen-bond acceptors (Lipinski definition) is 5. The van der Waals surface area contributed by atoms with Crippen molar-refractivity contribution in [3.05, 3.63) is 33.6 Å². The summed E-state index contributed by atoms with van der Waals surface area (Å²) < 4.78 is 18.2. The van der Waals surface area contributed by atoms with Gasteiger partial charge in [0.2, 0.25) is 0 Å². The second-order valence-electron chi connectivity index (χ2n) is 3.91. The minimum Gasteiger partial charge on any atom is -0.478 e. The van der Waals surface area contributed by atoms with Crippen LogP contribution in [0, 0.1) is 15.9 Å². The number of nitrogens with zero attached hydrogens (tertiary/aromatic N) is 1. The van der Waals surface area contributed by atoms with Crippen molar-refractivity contribution in [3.63, 3.8) is 0 Å². The molecule has 0 bridgehead atoms. The largest absolute Gasteiger partial charge is 0.478 e. The van der Waals surface area contributed by atoms with E-state index in [0.717, 1.165) is 6.07 Å². The molecule has 7 nitrogen and oxygen atoms in total. The monoisotopic (exact) mass is 272 g/mol. The summed E-state index contributed by atoms with van der Waals surface area (Å²) in [5, 5.41) is 22.3. The Morgan fingerprint density at radius 2 is 2.26 bits per heavy atom. The first-order chi connectivity index (χ1) is 8.86. The number of carbonyl (C=O) groups is 1. The Labute approximate surface area is 108 Å². The van der Waals surface area contributed by atoms with Crippen LogP contribution in [0.15, 0.2) is 12.1 Å². The molecule has 1 unspecified atom stereocenters. The number of hydrogen-bond donors (Lipinski definition) is 2. The van der Waals surface area contributed by atoms with Gasteiger partial charge in [-0.25, -0.2) is 9.18 Å². The first-order valence-electron chi connectivity index (χ1n) is 5.33. The molecule has 0 heterocycles. The van der Waals surface area contributed by atoms with E-state index in [1.165, 1.54) is 7.11 Å². The zero-order valence-corrected chi connectivity index (χ0v) is 10.3. The molecule has 0 saturated heterocycles. The summed E-state index contributed by atoms with van der Waals surface area (Å²) >= 11 is 0. The van der Waals surface area contributed by atoms with Crippen LogP contribution in [0.4, 0.5) is 15.8 Å². The van der Waals surface area contributed by atoms with Gasteiger partial charge in [0.15, 0.2) is 0 Å². The van der Waals surface area contributed by atoms with Crippen LogP contribution in [0.25, 0.3) is 0 Å². The van der Waals surface area contributed by atoms with Gasteiger partial charge < -0.3 is 15.2 Å². The van der Waals surface area contributed by atoms with Crippen LogP contribution in [-0.4, -0.2) is 35.8 Å². The number of carboxylic acids is 1. The summed E-state index contributed by atoms with van der Waals surface area (Å²) in [6.45, 7) is 1.95. The molecule has 8 heteroatoms. The lowest BCUT2D eigenvalue weighted by molar-refractivity contribution is -0.384. The van der Waals surface area contributed by atoms with Crippen LogP contribution < -0.4 is 5.32 Å². The molecule has 0 aliphatic heterocycles. The van der Waals surface area contributed by atoms with Crippen molar-refractivity contribution in [2.24, 2.45) is 0 Å². The number of methoxy groups -OCH3 is 1. The highest BCUT2D eigenvalue weighted by Crippen LogP contribution is 2.28. The number of nitro benzene ring substituents is 1. The highest BCUT2D eigenvalue weighted by atomic mass is 19.1. The van der Waals surface area contributed by atoms with Crippen LogP contribution in [0.3, 0.4) is 0 Å². The fourth-order valence-electron chi connectivity index (χ4n) is 1.55. The second-order valence-corrected chi connectivity index (χ2v) is 3.91. The highest BCUT2D eigenvalue weighted by molar-refractivity contribution is 5.90. The summed E-state index contributed by atoms with van der Waals surface area (Å²) in [5.41, 5.74) is -1.21. The van der Waals surface area contributed by atoms with Gasteiger partial charge in [0, 0.05) is 13.2 Å². The van der Waals surface area contributed by atoms with Gasteiger partial charge in [-0.1, -0.05) is 0 Å². The lowest BCUT2D eigenvalue weighted by Gasteiger charge is -2.14. The van der Waals surface area contributed by atoms with Crippen molar-refractivity contribution >= 4 is 17.3 Å². The van der Waals surface area contributed by atoms with E-state index in [2.05, 4.69) is 5.32 Å². The molecular formula is C11H13FN2O5. The molecule has 0 aromatic heterocycles. The van der Waals surface area contributed by atoms with Crippen LogP contribution in [0.5, 0.6) is 0 Å². The van der Waals surface area contributed by atoms with Crippen molar-refractivity contribution in [2.45, 2.75) is 13.0 Å². The zero-order chi connectivity index (χ0) is 14.6. The third-order valence-electron chi connectivity index (χ3n) is 2.33. The molecule has 104 valence electrons. The maximum atomic E-state index is 13.4. The number of aromatic carboxylic acids is 1. The Morgan fingerprint density at radius 3 is 2.74 bits per heavy atom. The van der Waals surface area contributed by atoms with Crippen molar-refractivity contribution in [1.29, 1.82) is 0 Å². The third kappa shape index (κ3) is 3.62. The van der Waals surface area contributed by atoms with Gasteiger partial charge in [-0.15, -0.1) is 0 Å². The minimum atomic E-state index is -1.49. The average Bonchev–Trinajstić information content (AvgIpc) is 2.30. The number of halogens is 1. The molecule has 19 heavy (non-hydrogen) atoms. The molecule has 0 fully saturated rings. The number of nitrogens with one attached hydrogen (secondary N) is 1. The van der Waals surface area contributed by atoms with Crippen LogP contribution >= 0.6 is 0 Å². The van der Waals surface area contributed by atoms with E-state index in [4.69, 9.17) is 9.84 Å². The Hall–Kier alpha value is -2.22. The van der Waals surface area contributed by atoms with E-state index < -0.39 is 28.0 Å². The second kappa shape index (κ2) is 6.10. The SMILES string of the molecule is COCC(C)Nc1cc(C(=O)O)c(F)cc1[N+](=O)[O-].